The van der Waals surface area contributed by atoms with Gasteiger partial charge in [-0.25, -0.2) is 4.68 Å². The summed E-state index contributed by atoms with van der Waals surface area (Å²) in [6, 6.07) is 8.13. The van der Waals surface area contributed by atoms with Crippen molar-refractivity contribution in [3.8, 4) is 5.75 Å². The van der Waals surface area contributed by atoms with Gasteiger partial charge in [0.2, 0.25) is 0 Å². The molecular formula is C15H22N4O. The van der Waals surface area contributed by atoms with Gasteiger partial charge in [0.1, 0.15) is 5.75 Å². The van der Waals surface area contributed by atoms with E-state index in [2.05, 4.69) is 18.9 Å². The van der Waals surface area contributed by atoms with Crippen LogP contribution in [0.5, 0.6) is 5.75 Å². The molecule has 0 saturated carbocycles. The number of nitrogens with two attached hydrogens (primary N) is 1. The summed E-state index contributed by atoms with van der Waals surface area (Å²) in [6.45, 7) is 6.11. The first kappa shape index (κ1) is 14.2. The quantitative estimate of drug-likeness (QED) is 0.930. The van der Waals surface area contributed by atoms with Crippen LogP contribution < -0.4 is 15.4 Å². The first-order valence-corrected chi connectivity index (χ1v) is 6.68. The number of ether oxygens (including phenoxy) is 1. The lowest BCUT2D eigenvalue weighted by atomic mass is 10.2. The van der Waals surface area contributed by atoms with Crippen molar-refractivity contribution in [2.24, 2.45) is 0 Å². The molecule has 2 aromatic rings. The lowest BCUT2D eigenvalue weighted by molar-refractivity contribution is 0.415. The Kier molecular flexibility index (Phi) is 3.88. The predicted octanol–water partition coefficient (Wildman–Crippen LogP) is 3.13. The topological polar surface area (TPSA) is 56.3 Å². The molecule has 0 aliphatic heterocycles. The Bertz CT molecular complexity index is 604. The SMILES string of the molecule is COc1cccc(N(C)c2c(N)c(C)nn2C(C)C)c1. The Morgan fingerprint density at radius 2 is 2.05 bits per heavy atom. The average molecular weight is 274 g/mol. The summed E-state index contributed by atoms with van der Waals surface area (Å²) in [5.74, 6) is 1.73. The maximum atomic E-state index is 6.19. The van der Waals surface area contributed by atoms with Crippen LogP contribution in [0.4, 0.5) is 17.2 Å². The molecule has 0 amide bonds. The van der Waals surface area contributed by atoms with Gasteiger partial charge in [-0.3, -0.25) is 0 Å². The second-order valence-electron chi connectivity index (χ2n) is 5.12. The van der Waals surface area contributed by atoms with Gasteiger partial charge in [0, 0.05) is 24.8 Å². The molecular weight excluding hydrogens is 252 g/mol. The minimum atomic E-state index is 0.244. The highest BCUT2D eigenvalue weighted by Crippen LogP contribution is 2.34. The predicted molar refractivity (Wildman–Crippen MR) is 82.8 cm³/mol. The van der Waals surface area contributed by atoms with Crippen molar-refractivity contribution >= 4 is 17.2 Å². The minimum Gasteiger partial charge on any atom is -0.497 e. The van der Waals surface area contributed by atoms with Crippen LogP contribution in [0.1, 0.15) is 25.6 Å². The Morgan fingerprint density at radius 1 is 1.35 bits per heavy atom. The smallest absolute Gasteiger partial charge is 0.155 e. The van der Waals surface area contributed by atoms with Gasteiger partial charge in [-0.2, -0.15) is 5.10 Å². The summed E-state index contributed by atoms with van der Waals surface area (Å²) < 4.78 is 7.22. The van der Waals surface area contributed by atoms with Crippen LogP contribution in [0.2, 0.25) is 0 Å². The number of anilines is 3. The summed E-state index contributed by atoms with van der Waals surface area (Å²) in [5.41, 5.74) is 8.77. The van der Waals surface area contributed by atoms with Crippen molar-refractivity contribution < 1.29 is 4.74 Å². The van der Waals surface area contributed by atoms with Crippen molar-refractivity contribution in [1.29, 1.82) is 0 Å². The van der Waals surface area contributed by atoms with Crippen molar-refractivity contribution in [3.05, 3.63) is 30.0 Å². The highest BCUT2D eigenvalue weighted by atomic mass is 16.5. The monoisotopic (exact) mass is 274 g/mol. The second-order valence-corrected chi connectivity index (χ2v) is 5.12. The van der Waals surface area contributed by atoms with Crippen LogP contribution in [0.15, 0.2) is 24.3 Å². The summed E-state index contributed by atoms with van der Waals surface area (Å²) in [4.78, 5) is 2.04. The molecule has 2 N–H and O–H groups in total. The fraction of sp³-hybridized carbons (Fsp3) is 0.400. The van der Waals surface area contributed by atoms with Gasteiger partial charge in [0.25, 0.3) is 0 Å². The van der Waals surface area contributed by atoms with Gasteiger partial charge in [0.15, 0.2) is 5.82 Å². The molecule has 2 rings (SSSR count). The highest BCUT2D eigenvalue weighted by molar-refractivity contribution is 5.73. The molecule has 1 heterocycles. The van der Waals surface area contributed by atoms with Crippen LogP contribution in [0.25, 0.3) is 0 Å². The molecule has 0 aliphatic carbocycles. The first-order valence-electron chi connectivity index (χ1n) is 6.68. The molecule has 0 unspecified atom stereocenters. The van der Waals surface area contributed by atoms with E-state index in [4.69, 9.17) is 10.5 Å². The van der Waals surface area contributed by atoms with Crippen LogP contribution >= 0.6 is 0 Å². The van der Waals surface area contributed by atoms with E-state index in [1.165, 1.54) is 0 Å². The van der Waals surface area contributed by atoms with E-state index < -0.39 is 0 Å². The van der Waals surface area contributed by atoms with Crippen molar-refractivity contribution in [2.75, 3.05) is 24.8 Å². The van der Waals surface area contributed by atoms with E-state index in [9.17, 15) is 0 Å². The number of rotatable bonds is 4. The van der Waals surface area contributed by atoms with Gasteiger partial charge >= 0.3 is 0 Å². The van der Waals surface area contributed by atoms with E-state index in [0.717, 1.165) is 22.9 Å². The van der Waals surface area contributed by atoms with E-state index in [0.29, 0.717) is 5.69 Å². The number of nitrogen functional groups attached to an aromatic ring is 1. The summed E-state index contributed by atoms with van der Waals surface area (Å²) in [7, 11) is 3.65. The van der Waals surface area contributed by atoms with E-state index in [1.54, 1.807) is 7.11 Å². The number of hydrogen-bond donors (Lipinski definition) is 1. The lowest BCUT2D eigenvalue weighted by Crippen LogP contribution is -2.17. The Hall–Kier alpha value is -2.17. The molecule has 1 aromatic heterocycles. The Balaban J connectivity index is 2.49. The zero-order valence-electron chi connectivity index (χ0n) is 12.7. The third-order valence-electron chi connectivity index (χ3n) is 3.35. The maximum Gasteiger partial charge on any atom is 0.155 e. The van der Waals surface area contributed by atoms with Gasteiger partial charge in [-0.1, -0.05) is 6.07 Å². The van der Waals surface area contributed by atoms with Gasteiger partial charge in [-0.05, 0) is 32.9 Å². The third kappa shape index (κ3) is 2.43. The van der Waals surface area contributed by atoms with Crippen LogP contribution in [-0.2, 0) is 0 Å². The number of hydrogen-bond acceptors (Lipinski definition) is 4. The molecule has 0 radical (unpaired) electrons. The number of aromatic nitrogens is 2. The highest BCUT2D eigenvalue weighted by Gasteiger charge is 2.19. The molecule has 5 heteroatoms. The number of methoxy groups -OCH3 is 1. The molecule has 0 atom stereocenters. The number of nitrogens with zero attached hydrogens (tertiary/aromatic N) is 3. The van der Waals surface area contributed by atoms with Crippen LogP contribution in [0.3, 0.4) is 0 Å². The molecule has 5 nitrogen and oxygen atoms in total. The molecule has 0 aliphatic rings. The molecule has 1 aromatic carbocycles. The van der Waals surface area contributed by atoms with E-state index in [1.807, 2.05) is 47.8 Å². The minimum absolute atomic E-state index is 0.244. The van der Waals surface area contributed by atoms with Crippen LogP contribution in [0, 0.1) is 6.92 Å². The van der Waals surface area contributed by atoms with Crippen LogP contribution in [-0.4, -0.2) is 23.9 Å². The van der Waals surface area contributed by atoms with E-state index in [-0.39, 0.29) is 6.04 Å². The normalized spacial score (nSPS) is 10.9. The van der Waals surface area contributed by atoms with Gasteiger partial charge in [-0.15, -0.1) is 0 Å². The Morgan fingerprint density at radius 3 is 2.65 bits per heavy atom. The van der Waals surface area contributed by atoms with Crippen molar-refractivity contribution in [2.45, 2.75) is 26.8 Å². The number of aryl methyl sites for hydroxylation is 1. The molecule has 0 spiro atoms. The summed E-state index contributed by atoms with van der Waals surface area (Å²) >= 11 is 0. The second kappa shape index (κ2) is 5.45. The average Bonchev–Trinajstić information content (AvgIpc) is 2.74. The zero-order chi connectivity index (χ0) is 14.9. The van der Waals surface area contributed by atoms with Crippen molar-refractivity contribution in [1.82, 2.24) is 9.78 Å². The van der Waals surface area contributed by atoms with Gasteiger partial charge < -0.3 is 15.4 Å². The standard InChI is InChI=1S/C15H22N4O/c1-10(2)19-15(14(16)11(3)17-19)18(4)12-7-6-8-13(9-12)20-5/h6-10H,16H2,1-5H3. The molecule has 0 bridgehead atoms. The number of benzene rings is 1. The Labute approximate surface area is 119 Å². The van der Waals surface area contributed by atoms with Crippen molar-refractivity contribution in [3.63, 3.8) is 0 Å². The maximum absolute atomic E-state index is 6.19. The summed E-state index contributed by atoms with van der Waals surface area (Å²) in [5, 5.41) is 4.52. The van der Waals surface area contributed by atoms with E-state index >= 15 is 0 Å². The van der Waals surface area contributed by atoms with Gasteiger partial charge in [0.05, 0.1) is 18.5 Å². The first-order chi connectivity index (χ1) is 9.45. The molecule has 108 valence electrons. The molecule has 0 saturated heterocycles. The fourth-order valence-electron chi connectivity index (χ4n) is 2.18. The summed E-state index contributed by atoms with van der Waals surface area (Å²) in [6.07, 6.45) is 0. The third-order valence-corrected chi connectivity index (χ3v) is 3.35. The fourth-order valence-corrected chi connectivity index (χ4v) is 2.18. The zero-order valence-corrected chi connectivity index (χ0v) is 12.7. The molecule has 0 fully saturated rings. The lowest BCUT2D eigenvalue weighted by Gasteiger charge is -2.23. The largest absolute Gasteiger partial charge is 0.497 e. The molecule has 20 heavy (non-hydrogen) atoms.